The number of methoxy groups -OCH3 is 3. The van der Waals surface area contributed by atoms with Gasteiger partial charge in [-0.25, -0.2) is 4.99 Å². The fraction of sp³-hybridized carbons (Fsp3) is 0.533. The maximum atomic E-state index is 5.79. The molecule has 0 atom stereocenters. The lowest BCUT2D eigenvalue weighted by molar-refractivity contribution is 0.0734. The highest BCUT2D eigenvalue weighted by atomic mass is 16.5. The Morgan fingerprint density at radius 1 is 1.09 bits per heavy atom. The maximum absolute atomic E-state index is 5.79. The van der Waals surface area contributed by atoms with Crippen molar-refractivity contribution in [1.29, 1.82) is 0 Å². The molecule has 124 valence electrons. The molecule has 0 saturated carbocycles. The van der Waals surface area contributed by atoms with Crippen LogP contribution < -0.4 is 20.5 Å². The molecular weight excluding hydrogens is 286 g/mol. The number of hydrogen-bond donors (Lipinski definition) is 2. The van der Waals surface area contributed by atoms with Gasteiger partial charge in [0, 0.05) is 13.7 Å². The van der Waals surface area contributed by atoms with Gasteiger partial charge in [0.2, 0.25) is 0 Å². The number of aliphatic imine (C=N–C) groups is 1. The largest absolute Gasteiger partial charge is 0.493 e. The number of benzene rings is 1. The summed E-state index contributed by atoms with van der Waals surface area (Å²) in [6.07, 6.45) is 0. The Bertz CT molecular complexity index is 466. The summed E-state index contributed by atoms with van der Waals surface area (Å²) in [4.78, 5) is 4.27. The van der Waals surface area contributed by atoms with E-state index in [0.717, 1.165) is 5.56 Å². The van der Waals surface area contributed by atoms with Gasteiger partial charge in [0.25, 0.3) is 0 Å². The molecule has 0 saturated heterocycles. The number of guanidine groups is 1. The normalized spacial score (nSPS) is 11.3. The predicted molar refractivity (Wildman–Crippen MR) is 85.6 cm³/mol. The summed E-state index contributed by atoms with van der Waals surface area (Å²) in [6.45, 7) is 2.77. The quantitative estimate of drug-likeness (QED) is 0.377. The van der Waals surface area contributed by atoms with Crippen LogP contribution in [0.5, 0.6) is 11.5 Å². The number of nitrogens with zero attached hydrogens (tertiary/aromatic N) is 1. The monoisotopic (exact) mass is 311 g/mol. The van der Waals surface area contributed by atoms with Crippen LogP contribution in [-0.4, -0.2) is 53.7 Å². The van der Waals surface area contributed by atoms with Crippen molar-refractivity contribution < 1.29 is 18.9 Å². The smallest absolute Gasteiger partial charge is 0.188 e. The highest BCUT2D eigenvalue weighted by Gasteiger charge is 2.04. The molecular formula is C15H25N3O4. The summed E-state index contributed by atoms with van der Waals surface area (Å²) in [6, 6.07) is 5.65. The zero-order valence-electron chi connectivity index (χ0n) is 13.4. The van der Waals surface area contributed by atoms with Crippen molar-refractivity contribution in [2.75, 3.05) is 47.7 Å². The van der Waals surface area contributed by atoms with Crippen LogP contribution in [0.3, 0.4) is 0 Å². The van der Waals surface area contributed by atoms with Crippen molar-refractivity contribution >= 4 is 5.96 Å². The molecule has 1 aromatic carbocycles. The highest BCUT2D eigenvalue weighted by Crippen LogP contribution is 2.27. The SMILES string of the molecule is COCCOCCNC(N)=NCc1ccc(OC)c(OC)c1. The van der Waals surface area contributed by atoms with Gasteiger partial charge >= 0.3 is 0 Å². The van der Waals surface area contributed by atoms with Gasteiger partial charge in [-0.15, -0.1) is 0 Å². The van der Waals surface area contributed by atoms with Gasteiger partial charge in [-0.1, -0.05) is 6.07 Å². The van der Waals surface area contributed by atoms with Gasteiger partial charge in [-0.2, -0.15) is 0 Å². The molecule has 1 rings (SSSR count). The summed E-state index contributed by atoms with van der Waals surface area (Å²) in [5.74, 6) is 1.74. The molecule has 22 heavy (non-hydrogen) atoms. The molecule has 0 aliphatic rings. The molecule has 0 aliphatic carbocycles. The molecule has 3 N–H and O–H groups in total. The molecule has 7 heteroatoms. The first-order chi connectivity index (χ1) is 10.7. The number of ether oxygens (including phenoxy) is 4. The van der Waals surface area contributed by atoms with Gasteiger partial charge in [0.15, 0.2) is 17.5 Å². The second kappa shape index (κ2) is 10.7. The first kappa shape index (κ1) is 18.1. The summed E-state index contributed by atoms with van der Waals surface area (Å²) in [7, 11) is 4.84. The Morgan fingerprint density at radius 3 is 2.55 bits per heavy atom. The Kier molecular flexibility index (Phi) is 8.78. The minimum Gasteiger partial charge on any atom is -0.493 e. The van der Waals surface area contributed by atoms with Crippen LogP contribution in [0.2, 0.25) is 0 Å². The number of nitrogens with one attached hydrogen (secondary N) is 1. The predicted octanol–water partition coefficient (Wildman–Crippen LogP) is 0.771. The zero-order valence-corrected chi connectivity index (χ0v) is 13.4. The standard InChI is InChI=1S/C15H25N3O4/c1-19-8-9-22-7-6-17-15(16)18-11-12-4-5-13(20-2)14(10-12)21-3/h4-5,10H,6-9,11H2,1-3H3,(H3,16,17,18). The minimum absolute atomic E-state index is 0.380. The van der Waals surface area contributed by atoms with E-state index in [2.05, 4.69) is 10.3 Å². The summed E-state index contributed by atoms with van der Waals surface area (Å²) in [5.41, 5.74) is 6.78. The fourth-order valence-electron chi connectivity index (χ4n) is 1.71. The van der Waals surface area contributed by atoms with Crippen LogP contribution in [0.15, 0.2) is 23.2 Å². The fourth-order valence-corrected chi connectivity index (χ4v) is 1.71. The average Bonchev–Trinajstić information content (AvgIpc) is 2.55. The molecule has 0 bridgehead atoms. The van der Waals surface area contributed by atoms with Crippen molar-refractivity contribution in [1.82, 2.24) is 5.32 Å². The summed E-state index contributed by atoms with van der Waals surface area (Å²) in [5, 5.41) is 2.99. The summed E-state index contributed by atoms with van der Waals surface area (Å²) >= 11 is 0. The van der Waals surface area contributed by atoms with Gasteiger partial charge in [-0.05, 0) is 17.7 Å². The van der Waals surface area contributed by atoms with Crippen LogP contribution >= 0.6 is 0 Å². The molecule has 0 spiro atoms. The van der Waals surface area contributed by atoms with E-state index in [4.69, 9.17) is 24.7 Å². The molecule has 0 heterocycles. The maximum Gasteiger partial charge on any atom is 0.188 e. The van der Waals surface area contributed by atoms with E-state index < -0.39 is 0 Å². The third-order valence-corrected chi connectivity index (χ3v) is 2.86. The molecule has 7 nitrogen and oxygen atoms in total. The molecule has 0 aromatic heterocycles. The van der Waals surface area contributed by atoms with Gasteiger partial charge in [-0.3, -0.25) is 0 Å². The van der Waals surface area contributed by atoms with Crippen molar-refractivity contribution in [2.45, 2.75) is 6.54 Å². The van der Waals surface area contributed by atoms with E-state index in [1.807, 2.05) is 18.2 Å². The molecule has 0 aliphatic heterocycles. The summed E-state index contributed by atoms with van der Waals surface area (Å²) < 4.78 is 20.6. The lowest BCUT2D eigenvalue weighted by Crippen LogP contribution is -2.34. The van der Waals surface area contributed by atoms with Crippen LogP contribution in [0.4, 0.5) is 0 Å². The van der Waals surface area contributed by atoms with Crippen LogP contribution in [0.25, 0.3) is 0 Å². The van der Waals surface area contributed by atoms with Crippen LogP contribution in [0, 0.1) is 0 Å². The second-order valence-corrected chi connectivity index (χ2v) is 4.42. The van der Waals surface area contributed by atoms with Crippen molar-refractivity contribution in [2.24, 2.45) is 10.7 Å². The molecule has 0 fully saturated rings. The Balaban J connectivity index is 2.37. The van der Waals surface area contributed by atoms with E-state index in [1.165, 1.54) is 0 Å². The lowest BCUT2D eigenvalue weighted by atomic mass is 10.2. The van der Waals surface area contributed by atoms with E-state index in [0.29, 0.717) is 50.4 Å². The van der Waals surface area contributed by atoms with E-state index >= 15 is 0 Å². The van der Waals surface area contributed by atoms with Crippen molar-refractivity contribution in [3.8, 4) is 11.5 Å². The second-order valence-electron chi connectivity index (χ2n) is 4.42. The van der Waals surface area contributed by atoms with Gasteiger partial charge in [0.05, 0.1) is 40.6 Å². The highest BCUT2D eigenvalue weighted by molar-refractivity contribution is 5.77. The third-order valence-electron chi connectivity index (χ3n) is 2.86. The molecule has 0 amide bonds. The third kappa shape index (κ3) is 6.64. The van der Waals surface area contributed by atoms with E-state index in [-0.39, 0.29) is 0 Å². The number of rotatable bonds is 10. The lowest BCUT2D eigenvalue weighted by Gasteiger charge is -2.09. The average molecular weight is 311 g/mol. The molecule has 0 unspecified atom stereocenters. The van der Waals surface area contributed by atoms with Crippen molar-refractivity contribution in [3.63, 3.8) is 0 Å². The Labute approximate surface area is 131 Å². The first-order valence-corrected chi connectivity index (χ1v) is 7.02. The van der Waals surface area contributed by atoms with E-state index in [9.17, 15) is 0 Å². The van der Waals surface area contributed by atoms with E-state index in [1.54, 1.807) is 21.3 Å². The van der Waals surface area contributed by atoms with Crippen LogP contribution in [-0.2, 0) is 16.0 Å². The molecule has 0 radical (unpaired) electrons. The zero-order chi connectivity index (χ0) is 16.2. The number of nitrogens with two attached hydrogens (primary N) is 1. The minimum atomic E-state index is 0.380. The topological polar surface area (TPSA) is 87.3 Å². The van der Waals surface area contributed by atoms with Crippen LogP contribution in [0.1, 0.15) is 5.56 Å². The van der Waals surface area contributed by atoms with Gasteiger partial charge in [0.1, 0.15) is 0 Å². The molecule has 1 aromatic rings. The van der Waals surface area contributed by atoms with Crippen molar-refractivity contribution in [3.05, 3.63) is 23.8 Å². The number of hydrogen-bond acceptors (Lipinski definition) is 5. The van der Waals surface area contributed by atoms with Gasteiger partial charge < -0.3 is 30.0 Å². The Hall–Kier alpha value is -1.99. The first-order valence-electron chi connectivity index (χ1n) is 7.02. The Morgan fingerprint density at radius 2 is 1.86 bits per heavy atom.